The van der Waals surface area contributed by atoms with E-state index in [0.717, 1.165) is 0 Å². The number of ketones is 1. The lowest BCUT2D eigenvalue weighted by Gasteiger charge is -2.23. The highest BCUT2D eigenvalue weighted by Crippen LogP contribution is 2.38. The van der Waals surface area contributed by atoms with Gasteiger partial charge >= 0.3 is 0 Å². The number of rotatable bonds is 6. The summed E-state index contributed by atoms with van der Waals surface area (Å²) >= 11 is 0. The number of pyridine rings is 1. The van der Waals surface area contributed by atoms with Crippen LogP contribution in [0.15, 0.2) is 36.5 Å². The van der Waals surface area contributed by atoms with Crippen molar-refractivity contribution >= 4 is 27.5 Å². The van der Waals surface area contributed by atoms with Crippen LogP contribution in [0.25, 0.3) is 10.8 Å². The number of fused-ring (bicyclic) bond motifs is 2. The molecule has 1 aromatic heterocycles. The van der Waals surface area contributed by atoms with Crippen molar-refractivity contribution in [2.45, 2.75) is 51.3 Å². The Hall–Kier alpha value is -2.71. The van der Waals surface area contributed by atoms with E-state index in [4.69, 9.17) is 4.74 Å². The number of aryl methyl sites for hydroxylation is 1. The Balaban J connectivity index is 1.80. The number of hydrogen-bond donors (Lipinski definition) is 1. The molecule has 0 spiro atoms. The van der Waals surface area contributed by atoms with Gasteiger partial charge in [-0.25, -0.2) is 22.7 Å². The predicted molar refractivity (Wildman–Crippen MR) is 125 cm³/mol. The molecule has 4 rings (SSSR count). The molecule has 0 fully saturated rings. The number of aromatic nitrogens is 1. The molecule has 0 saturated carbocycles. The molecule has 2 unspecified atom stereocenters. The van der Waals surface area contributed by atoms with Crippen LogP contribution < -0.4 is 9.46 Å². The summed E-state index contributed by atoms with van der Waals surface area (Å²) in [4.78, 5) is 17.6. The zero-order valence-electron chi connectivity index (χ0n) is 19.0. The van der Waals surface area contributed by atoms with Crippen molar-refractivity contribution in [2.75, 3.05) is 6.61 Å². The second-order valence-electron chi connectivity index (χ2n) is 8.99. The zero-order valence-corrected chi connectivity index (χ0v) is 19.8. The van der Waals surface area contributed by atoms with Crippen LogP contribution in [0.1, 0.15) is 67.2 Å². The number of nitrogens with one attached hydrogen (secondary N) is 1. The summed E-state index contributed by atoms with van der Waals surface area (Å²) in [5.74, 6) is -2.19. The second kappa shape index (κ2) is 8.91. The zero-order chi connectivity index (χ0) is 23.9. The molecule has 1 N–H and O–H groups in total. The molecule has 8 heteroatoms. The molecule has 1 aliphatic carbocycles. The number of ether oxygens (including phenoxy) is 1. The van der Waals surface area contributed by atoms with Crippen LogP contribution in [0.2, 0.25) is 0 Å². The highest BCUT2D eigenvalue weighted by Gasteiger charge is 2.34. The molecule has 0 radical (unpaired) electrons. The van der Waals surface area contributed by atoms with Crippen molar-refractivity contribution in [3.8, 4) is 5.88 Å². The summed E-state index contributed by atoms with van der Waals surface area (Å²) in [6, 6.07) is 7.22. The van der Waals surface area contributed by atoms with Crippen LogP contribution in [0, 0.1) is 11.6 Å². The van der Waals surface area contributed by atoms with E-state index in [1.165, 1.54) is 18.3 Å². The molecular formula is C25H26F2N2O3S. The Labute approximate surface area is 194 Å². The van der Waals surface area contributed by atoms with E-state index in [9.17, 15) is 9.00 Å². The van der Waals surface area contributed by atoms with E-state index in [-0.39, 0.29) is 11.1 Å². The maximum Gasteiger partial charge on any atom is 0.221 e. The Morgan fingerprint density at radius 2 is 2.00 bits per heavy atom. The SMILES string of the molecule is CCOc1nccc2c(C(=O)c3c(F)cc4c(c3F)C(NS(=O)C(C)(C)C)CC4)cccc12. The molecule has 0 aliphatic heterocycles. The summed E-state index contributed by atoms with van der Waals surface area (Å²) in [7, 11) is -1.44. The first-order chi connectivity index (χ1) is 15.6. The minimum absolute atomic E-state index is 0.161. The van der Waals surface area contributed by atoms with E-state index in [0.29, 0.717) is 41.7 Å². The lowest BCUT2D eigenvalue weighted by Crippen LogP contribution is -2.35. The van der Waals surface area contributed by atoms with Gasteiger partial charge in [-0.15, -0.1) is 0 Å². The first kappa shape index (κ1) is 23.4. The highest BCUT2D eigenvalue weighted by molar-refractivity contribution is 7.84. The summed E-state index contributed by atoms with van der Waals surface area (Å²) in [5, 5.41) is 1.09. The van der Waals surface area contributed by atoms with Crippen LogP contribution in [-0.4, -0.2) is 26.3 Å². The molecule has 2 aromatic carbocycles. The number of carbonyl (C=O) groups is 1. The number of carbonyl (C=O) groups excluding carboxylic acids is 1. The summed E-state index contributed by atoms with van der Waals surface area (Å²) in [6.45, 7) is 7.65. The number of nitrogens with zero attached hydrogens (tertiary/aromatic N) is 1. The third-order valence-electron chi connectivity index (χ3n) is 5.72. The standard InChI is InChI=1S/C25H26F2N2O3S/c1-5-32-24-17-8-6-7-16(15(17)11-12-28-24)23(30)21-18(26)13-14-9-10-19(20(14)22(21)27)29-33(31)25(2,3)4/h6-8,11-13,19,29H,5,9-10H2,1-4H3. The van der Waals surface area contributed by atoms with Gasteiger partial charge in [0.2, 0.25) is 5.88 Å². The van der Waals surface area contributed by atoms with Crippen molar-refractivity contribution in [1.29, 1.82) is 0 Å². The van der Waals surface area contributed by atoms with Crippen LogP contribution in [-0.2, 0) is 17.4 Å². The minimum atomic E-state index is -1.44. The Bertz CT molecular complexity index is 1270. The molecule has 0 bridgehead atoms. The summed E-state index contributed by atoms with van der Waals surface area (Å²) in [6.07, 6.45) is 2.42. The predicted octanol–water partition coefficient (Wildman–Crippen LogP) is 5.18. The van der Waals surface area contributed by atoms with Gasteiger partial charge in [0.05, 0.1) is 27.9 Å². The van der Waals surface area contributed by atoms with Crippen molar-refractivity contribution in [3.63, 3.8) is 0 Å². The van der Waals surface area contributed by atoms with Gasteiger partial charge in [-0.2, -0.15) is 0 Å². The van der Waals surface area contributed by atoms with E-state index >= 15 is 8.78 Å². The lowest BCUT2D eigenvalue weighted by molar-refractivity contribution is 0.103. The van der Waals surface area contributed by atoms with Crippen LogP contribution in [0.5, 0.6) is 5.88 Å². The normalized spacial score (nSPS) is 16.6. The molecular weight excluding hydrogens is 446 g/mol. The molecule has 5 nitrogen and oxygen atoms in total. The second-order valence-corrected chi connectivity index (χ2v) is 11.0. The summed E-state index contributed by atoms with van der Waals surface area (Å²) < 4.78 is 51.3. The third-order valence-corrected chi connectivity index (χ3v) is 7.33. The van der Waals surface area contributed by atoms with E-state index in [2.05, 4.69) is 9.71 Å². The number of benzene rings is 2. The molecule has 2 atom stereocenters. The van der Waals surface area contributed by atoms with Gasteiger partial charge in [0, 0.05) is 28.8 Å². The Morgan fingerprint density at radius 3 is 2.70 bits per heavy atom. The van der Waals surface area contributed by atoms with Crippen LogP contribution >= 0.6 is 0 Å². The topological polar surface area (TPSA) is 68.3 Å². The van der Waals surface area contributed by atoms with Gasteiger partial charge in [0.25, 0.3) is 0 Å². The summed E-state index contributed by atoms with van der Waals surface area (Å²) in [5.41, 5.74) is 0.264. The van der Waals surface area contributed by atoms with Crippen LogP contribution in [0.4, 0.5) is 8.78 Å². The molecule has 1 aliphatic rings. The molecule has 0 saturated heterocycles. The Morgan fingerprint density at radius 1 is 1.24 bits per heavy atom. The first-order valence-electron chi connectivity index (χ1n) is 10.9. The minimum Gasteiger partial charge on any atom is -0.478 e. The van der Waals surface area contributed by atoms with Gasteiger partial charge in [-0.3, -0.25) is 4.79 Å². The fourth-order valence-corrected chi connectivity index (χ4v) is 4.96. The largest absolute Gasteiger partial charge is 0.478 e. The van der Waals surface area contributed by atoms with E-state index in [1.54, 1.807) is 18.2 Å². The average Bonchev–Trinajstić information content (AvgIpc) is 3.15. The van der Waals surface area contributed by atoms with Gasteiger partial charge in [-0.05, 0) is 69.7 Å². The van der Waals surface area contributed by atoms with Gasteiger partial charge in [0.1, 0.15) is 11.6 Å². The van der Waals surface area contributed by atoms with Crippen molar-refractivity contribution in [1.82, 2.24) is 9.71 Å². The van der Waals surface area contributed by atoms with Crippen LogP contribution in [0.3, 0.4) is 0 Å². The maximum atomic E-state index is 15.7. The van der Waals surface area contributed by atoms with E-state index < -0.39 is 44.8 Å². The molecule has 0 amide bonds. The highest BCUT2D eigenvalue weighted by atomic mass is 32.2. The molecule has 174 valence electrons. The average molecular weight is 473 g/mol. The van der Waals surface area contributed by atoms with Crippen molar-refractivity contribution in [3.05, 3.63) is 70.4 Å². The van der Waals surface area contributed by atoms with Gasteiger partial charge in [-0.1, -0.05) is 12.1 Å². The van der Waals surface area contributed by atoms with Gasteiger partial charge in [0.15, 0.2) is 5.78 Å². The molecule has 3 aromatic rings. The fourth-order valence-electron chi connectivity index (χ4n) is 4.11. The van der Waals surface area contributed by atoms with E-state index in [1.807, 2.05) is 27.7 Å². The fraction of sp³-hybridized carbons (Fsp3) is 0.360. The maximum absolute atomic E-state index is 15.7. The quantitative estimate of drug-likeness (QED) is 0.502. The third kappa shape index (κ3) is 4.29. The number of hydrogen-bond acceptors (Lipinski definition) is 4. The van der Waals surface area contributed by atoms with Crippen molar-refractivity contribution in [2.24, 2.45) is 0 Å². The van der Waals surface area contributed by atoms with Gasteiger partial charge < -0.3 is 4.74 Å². The molecule has 33 heavy (non-hydrogen) atoms. The monoisotopic (exact) mass is 472 g/mol. The molecule has 1 heterocycles. The Kier molecular flexibility index (Phi) is 6.33. The first-order valence-corrected chi connectivity index (χ1v) is 12.0. The smallest absolute Gasteiger partial charge is 0.221 e. The van der Waals surface area contributed by atoms with Crippen molar-refractivity contribution < 1.29 is 22.5 Å². The number of halogens is 2. The lowest BCUT2D eigenvalue weighted by atomic mass is 9.94.